The summed E-state index contributed by atoms with van der Waals surface area (Å²) in [4.78, 5) is 11.6. The first-order valence-corrected chi connectivity index (χ1v) is 7.35. The highest BCUT2D eigenvalue weighted by molar-refractivity contribution is 5.67. The van der Waals surface area contributed by atoms with Crippen LogP contribution in [0.4, 0.5) is 4.79 Å². The number of nitrogens with one attached hydrogen (secondary N) is 1. The molecule has 1 saturated carbocycles. The minimum atomic E-state index is -0.320. The quantitative estimate of drug-likeness (QED) is 0.826. The molecule has 1 amide bonds. The van der Waals surface area contributed by atoms with Gasteiger partial charge in [0.15, 0.2) is 0 Å². The molecule has 1 N–H and O–H groups in total. The van der Waals surface area contributed by atoms with E-state index in [9.17, 15) is 4.79 Å². The van der Waals surface area contributed by atoms with E-state index in [4.69, 9.17) is 4.74 Å². The van der Waals surface area contributed by atoms with Gasteiger partial charge in [-0.3, -0.25) is 0 Å². The lowest BCUT2D eigenvalue weighted by atomic mass is 9.82. The van der Waals surface area contributed by atoms with E-state index < -0.39 is 0 Å². The molecule has 0 bridgehead atoms. The zero-order valence-corrected chi connectivity index (χ0v) is 11.9. The molecule has 0 atom stereocenters. The van der Waals surface area contributed by atoms with Crippen molar-refractivity contribution in [1.29, 1.82) is 0 Å². The van der Waals surface area contributed by atoms with Crippen LogP contribution in [0.5, 0.6) is 0 Å². The first-order chi connectivity index (χ1) is 9.78. The van der Waals surface area contributed by atoms with Crippen molar-refractivity contribution in [1.82, 2.24) is 5.32 Å². The molecule has 20 heavy (non-hydrogen) atoms. The molecule has 1 aromatic rings. The number of amides is 1. The molecular formula is C17H23NO2. The molecule has 0 unspecified atom stereocenters. The van der Waals surface area contributed by atoms with Crippen molar-refractivity contribution in [3.63, 3.8) is 0 Å². The van der Waals surface area contributed by atoms with Gasteiger partial charge in [-0.15, -0.1) is 6.58 Å². The second kappa shape index (κ2) is 7.73. The molecule has 3 nitrogen and oxygen atoms in total. The molecule has 3 heteroatoms. The number of carbonyl (C=O) groups excluding carboxylic acids is 1. The third-order valence-corrected chi connectivity index (χ3v) is 3.97. The van der Waals surface area contributed by atoms with E-state index in [2.05, 4.69) is 18.0 Å². The average Bonchev–Trinajstić information content (AvgIpc) is 2.52. The molecule has 0 spiro atoms. The Bertz CT molecular complexity index is 422. The smallest absolute Gasteiger partial charge is 0.407 e. The summed E-state index contributed by atoms with van der Waals surface area (Å²) < 4.78 is 5.20. The Labute approximate surface area is 121 Å². The van der Waals surface area contributed by atoms with Crippen LogP contribution in [0.3, 0.4) is 0 Å². The Morgan fingerprint density at radius 1 is 1.25 bits per heavy atom. The fraction of sp³-hybridized carbons (Fsp3) is 0.471. The van der Waals surface area contributed by atoms with Crippen LogP contribution in [0.25, 0.3) is 0 Å². The van der Waals surface area contributed by atoms with Crippen LogP contribution in [0, 0.1) is 11.8 Å². The van der Waals surface area contributed by atoms with Crippen LogP contribution in [0.1, 0.15) is 31.2 Å². The summed E-state index contributed by atoms with van der Waals surface area (Å²) in [5.74, 6) is 1.24. The van der Waals surface area contributed by atoms with Gasteiger partial charge < -0.3 is 10.1 Å². The van der Waals surface area contributed by atoms with Crippen molar-refractivity contribution in [2.75, 3.05) is 6.54 Å². The molecule has 0 radical (unpaired) electrons. The fourth-order valence-corrected chi connectivity index (χ4v) is 2.63. The van der Waals surface area contributed by atoms with Gasteiger partial charge in [-0.1, -0.05) is 36.4 Å². The lowest BCUT2D eigenvalue weighted by molar-refractivity contribution is 0.136. The lowest BCUT2D eigenvalue weighted by Crippen LogP contribution is -2.31. The van der Waals surface area contributed by atoms with Gasteiger partial charge in [-0.05, 0) is 43.1 Å². The van der Waals surface area contributed by atoms with Crippen molar-refractivity contribution in [3.8, 4) is 0 Å². The van der Waals surface area contributed by atoms with Gasteiger partial charge in [0.1, 0.15) is 6.61 Å². The summed E-state index contributed by atoms with van der Waals surface area (Å²) in [6, 6.07) is 9.72. The monoisotopic (exact) mass is 273 g/mol. The minimum absolute atomic E-state index is 0.320. The van der Waals surface area contributed by atoms with Gasteiger partial charge in [0.25, 0.3) is 0 Å². The number of hydrogen-bond donors (Lipinski definition) is 1. The molecule has 108 valence electrons. The second-order valence-corrected chi connectivity index (χ2v) is 5.46. The van der Waals surface area contributed by atoms with Crippen LogP contribution in [0.2, 0.25) is 0 Å². The topological polar surface area (TPSA) is 38.3 Å². The number of alkyl carbamates (subject to hydrolysis) is 1. The molecule has 0 aliphatic heterocycles. The molecule has 1 fully saturated rings. The van der Waals surface area contributed by atoms with Crippen LogP contribution >= 0.6 is 0 Å². The van der Waals surface area contributed by atoms with E-state index in [0.717, 1.165) is 24.9 Å². The molecule has 1 aromatic carbocycles. The highest BCUT2D eigenvalue weighted by Gasteiger charge is 2.19. The zero-order chi connectivity index (χ0) is 14.2. The highest BCUT2D eigenvalue weighted by atomic mass is 16.5. The zero-order valence-electron chi connectivity index (χ0n) is 11.9. The number of benzene rings is 1. The summed E-state index contributed by atoms with van der Waals surface area (Å²) in [5.41, 5.74) is 1.01. The molecule has 0 heterocycles. The normalized spacial score (nSPS) is 22.0. The van der Waals surface area contributed by atoms with E-state index >= 15 is 0 Å². The molecule has 0 saturated heterocycles. The lowest BCUT2D eigenvalue weighted by Gasteiger charge is -2.26. The second-order valence-electron chi connectivity index (χ2n) is 5.46. The van der Waals surface area contributed by atoms with Gasteiger partial charge >= 0.3 is 6.09 Å². The molecule has 1 aliphatic rings. The predicted molar refractivity (Wildman–Crippen MR) is 80.3 cm³/mol. The van der Waals surface area contributed by atoms with E-state index in [1.54, 1.807) is 0 Å². The Balaban J connectivity index is 1.62. The van der Waals surface area contributed by atoms with Crippen molar-refractivity contribution >= 4 is 6.09 Å². The standard InChI is InChI=1S/C17H23NO2/c1-2-14-8-10-15(11-9-14)12-18-17(19)20-13-16-6-4-3-5-7-16/h2-7,14-15H,1,8-13H2,(H,18,19). The van der Waals surface area contributed by atoms with Crippen molar-refractivity contribution in [3.05, 3.63) is 48.6 Å². The van der Waals surface area contributed by atoms with E-state index in [-0.39, 0.29) is 6.09 Å². The van der Waals surface area contributed by atoms with Crippen molar-refractivity contribution in [2.24, 2.45) is 11.8 Å². The van der Waals surface area contributed by atoms with Gasteiger partial charge in [-0.25, -0.2) is 4.79 Å². The SMILES string of the molecule is C=CC1CCC(CNC(=O)OCc2ccccc2)CC1. The predicted octanol–water partition coefficient (Wildman–Crippen LogP) is 3.91. The van der Waals surface area contributed by atoms with Gasteiger partial charge in [0.2, 0.25) is 0 Å². The van der Waals surface area contributed by atoms with Crippen molar-refractivity contribution < 1.29 is 9.53 Å². The third kappa shape index (κ3) is 4.72. The van der Waals surface area contributed by atoms with E-state index in [1.807, 2.05) is 30.3 Å². The Morgan fingerprint density at radius 3 is 2.60 bits per heavy atom. The average molecular weight is 273 g/mol. The van der Waals surface area contributed by atoms with E-state index in [1.165, 1.54) is 12.8 Å². The minimum Gasteiger partial charge on any atom is -0.445 e. The Morgan fingerprint density at radius 2 is 1.95 bits per heavy atom. The van der Waals surface area contributed by atoms with Crippen LogP contribution in [-0.4, -0.2) is 12.6 Å². The van der Waals surface area contributed by atoms with Crippen molar-refractivity contribution in [2.45, 2.75) is 32.3 Å². The molecule has 2 rings (SSSR count). The number of hydrogen-bond acceptors (Lipinski definition) is 2. The van der Waals surface area contributed by atoms with Gasteiger partial charge in [0, 0.05) is 6.54 Å². The third-order valence-electron chi connectivity index (χ3n) is 3.97. The molecular weight excluding hydrogens is 250 g/mol. The van der Waals surface area contributed by atoms with E-state index in [0.29, 0.717) is 18.4 Å². The summed E-state index contributed by atoms with van der Waals surface area (Å²) in [6.45, 7) is 4.90. The summed E-state index contributed by atoms with van der Waals surface area (Å²) in [6.07, 6.45) is 6.44. The van der Waals surface area contributed by atoms with Gasteiger partial charge in [0.05, 0.1) is 0 Å². The summed E-state index contributed by atoms with van der Waals surface area (Å²) in [7, 11) is 0. The maximum absolute atomic E-state index is 11.6. The Kier molecular flexibility index (Phi) is 5.66. The first kappa shape index (κ1) is 14.6. The maximum atomic E-state index is 11.6. The van der Waals surface area contributed by atoms with Crippen LogP contribution in [-0.2, 0) is 11.3 Å². The summed E-state index contributed by atoms with van der Waals surface area (Å²) in [5, 5.41) is 2.87. The number of carbonyl (C=O) groups is 1. The van der Waals surface area contributed by atoms with Crippen LogP contribution < -0.4 is 5.32 Å². The largest absolute Gasteiger partial charge is 0.445 e. The van der Waals surface area contributed by atoms with Crippen LogP contribution in [0.15, 0.2) is 43.0 Å². The Hall–Kier alpha value is -1.77. The highest BCUT2D eigenvalue weighted by Crippen LogP contribution is 2.28. The first-order valence-electron chi connectivity index (χ1n) is 7.35. The summed E-state index contributed by atoms with van der Waals surface area (Å²) >= 11 is 0. The number of rotatable bonds is 5. The number of allylic oxidation sites excluding steroid dienone is 1. The number of ether oxygens (including phenoxy) is 1. The maximum Gasteiger partial charge on any atom is 0.407 e. The van der Waals surface area contributed by atoms with Gasteiger partial charge in [-0.2, -0.15) is 0 Å². The molecule has 1 aliphatic carbocycles. The molecule has 0 aromatic heterocycles. The fourth-order valence-electron chi connectivity index (χ4n) is 2.63.